The second-order valence-electron chi connectivity index (χ2n) is 3.76. The summed E-state index contributed by atoms with van der Waals surface area (Å²) in [5.41, 5.74) is 1.92. The van der Waals surface area contributed by atoms with E-state index in [1.807, 2.05) is 37.3 Å². The Hall–Kier alpha value is -0.450. The van der Waals surface area contributed by atoms with Crippen molar-refractivity contribution >= 4 is 49.0 Å². The van der Waals surface area contributed by atoms with Crippen LogP contribution in [-0.4, -0.2) is 5.78 Å². The van der Waals surface area contributed by atoms with Crippen LogP contribution in [0.1, 0.15) is 25.6 Å². The number of carbonyl (C=O) groups excluding carboxylic acids is 1. The Morgan fingerprint density at radius 1 is 1.29 bits per heavy atom. The highest BCUT2D eigenvalue weighted by Gasteiger charge is 2.20. The number of rotatable bonds is 3. The van der Waals surface area contributed by atoms with Crippen molar-refractivity contribution < 1.29 is 4.79 Å². The Balaban J connectivity index is 2.23. The summed E-state index contributed by atoms with van der Waals surface area (Å²) in [7, 11) is 0. The number of carbonyl (C=O) groups is 1. The first-order valence-electron chi connectivity index (χ1n) is 5.07. The number of thiophene rings is 1. The predicted molar refractivity (Wildman–Crippen MR) is 79.2 cm³/mol. The van der Waals surface area contributed by atoms with E-state index in [2.05, 4.69) is 37.2 Å². The fourth-order valence-electron chi connectivity index (χ4n) is 1.48. The van der Waals surface area contributed by atoms with Crippen LogP contribution in [0.25, 0.3) is 0 Å². The van der Waals surface area contributed by atoms with E-state index in [1.165, 1.54) is 5.56 Å². The van der Waals surface area contributed by atoms with Crippen molar-refractivity contribution in [1.29, 1.82) is 0 Å². The number of Topliss-reactive ketones (excluding diaryl/α,β-unsaturated/α-hetero) is 1. The van der Waals surface area contributed by atoms with Crippen molar-refractivity contribution in [2.24, 2.45) is 0 Å². The summed E-state index contributed by atoms with van der Waals surface area (Å²) in [4.78, 5) is 13.0. The first-order chi connectivity index (χ1) is 8.08. The molecule has 2 rings (SSSR count). The quantitative estimate of drug-likeness (QED) is 0.537. The molecule has 1 nitrogen and oxygen atoms in total. The van der Waals surface area contributed by atoms with E-state index in [-0.39, 0.29) is 10.6 Å². The number of hydrogen-bond acceptors (Lipinski definition) is 2. The van der Waals surface area contributed by atoms with Gasteiger partial charge in [-0.1, -0.05) is 44.0 Å². The lowest BCUT2D eigenvalue weighted by molar-refractivity contribution is 0.0992. The fourth-order valence-corrected chi connectivity index (χ4v) is 3.33. The third kappa shape index (κ3) is 3.06. The lowest BCUT2D eigenvalue weighted by atomic mass is 10.1. The summed E-state index contributed by atoms with van der Waals surface area (Å²) in [6.07, 6.45) is 0. The zero-order valence-corrected chi connectivity index (χ0v) is 13.1. The van der Waals surface area contributed by atoms with Crippen molar-refractivity contribution in [2.45, 2.75) is 11.8 Å². The first-order valence-corrected chi connectivity index (χ1v) is 7.65. The lowest BCUT2D eigenvalue weighted by Crippen LogP contribution is -2.05. The maximum absolute atomic E-state index is 12.2. The molecule has 1 unspecified atom stereocenters. The summed E-state index contributed by atoms with van der Waals surface area (Å²) < 4.78 is 0.979. The minimum Gasteiger partial charge on any atom is -0.292 e. The molecule has 0 N–H and O–H groups in total. The highest BCUT2D eigenvalue weighted by Crippen LogP contribution is 2.32. The van der Waals surface area contributed by atoms with Crippen molar-refractivity contribution in [1.82, 2.24) is 0 Å². The molecule has 0 aliphatic carbocycles. The van der Waals surface area contributed by atoms with Gasteiger partial charge < -0.3 is 0 Å². The minimum atomic E-state index is -0.248. The molecule has 0 bridgehead atoms. The molecule has 0 saturated heterocycles. The van der Waals surface area contributed by atoms with E-state index < -0.39 is 0 Å². The van der Waals surface area contributed by atoms with Crippen LogP contribution in [0.2, 0.25) is 0 Å². The van der Waals surface area contributed by atoms with Gasteiger partial charge in [-0.2, -0.15) is 0 Å². The van der Waals surface area contributed by atoms with Crippen LogP contribution in [0.5, 0.6) is 0 Å². The molecule has 1 atom stereocenters. The summed E-state index contributed by atoms with van der Waals surface area (Å²) in [6, 6.07) is 9.47. The largest absolute Gasteiger partial charge is 0.292 e. The topological polar surface area (TPSA) is 17.1 Å². The van der Waals surface area contributed by atoms with Crippen molar-refractivity contribution in [3.8, 4) is 0 Å². The molecule has 4 heteroatoms. The number of hydrogen-bond donors (Lipinski definition) is 0. The van der Waals surface area contributed by atoms with E-state index in [9.17, 15) is 4.79 Å². The second kappa shape index (κ2) is 5.46. The monoisotopic (exact) mass is 372 g/mol. The van der Waals surface area contributed by atoms with Gasteiger partial charge in [0.25, 0.3) is 0 Å². The number of aryl methyl sites for hydroxylation is 1. The van der Waals surface area contributed by atoms with Crippen molar-refractivity contribution in [3.63, 3.8) is 0 Å². The standard InChI is InChI=1S/C13H10Br2OS/c1-8-6-11(17-7-8)12(15)13(16)9-2-4-10(14)5-3-9/h2-7,12H,1H3. The third-order valence-electron chi connectivity index (χ3n) is 2.36. The number of benzene rings is 1. The first kappa shape index (κ1) is 13.0. The second-order valence-corrected chi connectivity index (χ2v) is 6.53. The molecule has 17 heavy (non-hydrogen) atoms. The summed E-state index contributed by atoms with van der Waals surface area (Å²) >= 11 is 8.43. The molecule has 1 heterocycles. The zero-order valence-electron chi connectivity index (χ0n) is 9.11. The summed E-state index contributed by atoms with van der Waals surface area (Å²) in [5.74, 6) is 0.0966. The molecule has 1 aromatic carbocycles. The van der Waals surface area contributed by atoms with Crippen LogP contribution in [0.3, 0.4) is 0 Å². The molecule has 0 radical (unpaired) electrons. The number of alkyl halides is 1. The number of ketones is 1. The van der Waals surface area contributed by atoms with Crippen LogP contribution >= 0.6 is 43.2 Å². The van der Waals surface area contributed by atoms with Gasteiger partial charge in [0.05, 0.1) is 0 Å². The van der Waals surface area contributed by atoms with Gasteiger partial charge in [-0.25, -0.2) is 0 Å². The molecule has 0 saturated carbocycles. The molecular formula is C13H10Br2OS. The number of halogens is 2. The molecule has 0 amide bonds. The Morgan fingerprint density at radius 3 is 2.47 bits per heavy atom. The van der Waals surface area contributed by atoms with Gasteiger partial charge in [0.2, 0.25) is 0 Å². The van der Waals surface area contributed by atoms with Crippen LogP contribution < -0.4 is 0 Å². The molecule has 0 aliphatic heterocycles. The highest BCUT2D eigenvalue weighted by atomic mass is 79.9. The van der Waals surface area contributed by atoms with Crippen LogP contribution in [0.15, 0.2) is 40.2 Å². The van der Waals surface area contributed by atoms with E-state index in [1.54, 1.807) is 11.3 Å². The van der Waals surface area contributed by atoms with Crippen molar-refractivity contribution in [3.05, 3.63) is 56.2 Å². The summed E-state index contributed by atoms with van der Waals surface area (Å²) in [5, 5.41) is 2.05. The molecule has 0 spiro atoms. The maximum atomic E-state index is 12.2. The summed E-state index contributed by atoms with van der Waals surface area (Å²) in [6.45, 7) is 2.03. The fraction of sp³-hybridized carbons (Fsp3) is 0.154. The third-order valence-corrected chi connectivity index (χ3v) is 5.22. The van der Waals surface area contributed by atoms with Gasteiger partial charge in [-0.3, -0.25) is 4.79 Å². The molecule has 0 aliphatic rings. The smallest absolute Gasteiger partial charge is 0.181 e. The highest BCUT2D eigenvalue weighted by molar-refractivity contribution is 9.10. The molecule has 2 aromatic rings. The maximum Gasteiger partial charge on any atom is 0.181 e. The van der Waals surface area contributed by atoms with Gasteiger partial charge in [0.1, 0.15) is 4.83 Å². The Bertz CT molecular complexity index is 531. The van der Waals surface area contributed by atoms with Gasteiger partial charge in [-0.15, -0.1) is 11.3 Å². The van der Waals surface area contributed by atoms with E-state index in [0.29, 0.717) is 0 Å². The van der Waals surface area contributed by atoms with Gasteiger partial charge >= 0.3 is 0 Å². The van der Waals surface area contributed by atoms with E-state index in [0.717, 1.165) is 14.9 Å². The SMILES string of the molecule is Cc1csc(C(Br)C(=O)c2ccc(Br)cc2)c1. The van der Waals surface area contributed by atoms with Crippen molar-refractivity contribution in [2.75, 3.05) is 0 Å². The average Bonchev–Trinajstić information content (AvgIpc) is 2.75. The van der Waals surface area contributed by atoms with Gasteiger partial charge in [0.15, 0.2) is 5.78 Å². The Kier molecular flexibility index (Phi) is 4.17. The van der Waals surface area contributed by atoms with Crippen LogP contribution in [0, 0.1) is 6.92 Å². The predicted octanol–water partition coefficient (Wildman–Crippen LogP) is 5.14. The van der Waals surface area contributed by atoms with Crippen LogP contribution in [-0.2, 0) is 0 Å². The Labute approximate surface area is 121 Å². The average molecular weight is 374 g/mol. The van der Waals surface area contributed by atoms with Gasteiger partial charge in [-0.05, 0) is 36.1 Å². The Morgan fingerprint density at radius 2 is 1.94 bits per heavy atom. The lowest BCUT2D eigenvalue weighted by Gasteiger charge is -2.06. The molecular weight excluding hydrogens is 364 g/mol. The van der Waals surface area contributed by atoms with Crippen LogP contribution in [0.4, 0.5) is 0 Å². The van der Waals surface area contributed by atoms with E-state index in [4.69, 9.17) is 0 Å². The molecule has 88 valence electrons. The molecule has 1 aromatic heterocycles. The zero-order chi connectivity index (χ0) is 12.4. The van der Waals surface area contributed by atoms with Gasteiger partial charge in [0, 0.05) is 14.9 Å². The minimum absolute atomic E-state index is 0.0966. The normalized spacial score (nSPS) is 12.4. The molecule has 0 fully saturated rings. The van der Waals surface area contributed by atoms with E-state index >= 15 is 0 Å².